The zero-order valence-electron chi connectivity index (χ0n) is 16.2. The third-order valence-corrected chi connectivity index (χ3v) is 4.13. The summed E-state index contributed by atoms with van der Waals surface area (Å²) in [6.07, 6.45) is 8.86. The number of hydrogen-bond donors (Lipinski definition) is 3. The van der Waals surface area contributed by atoms with Crippen LogP contribution >= 0.6 is 0 Å². The molecule has 0 aromatic carbocycles. The molecule has 150 valence electrons. The lowest BCUT2D eigenvalue weighted by atomic mass is 10.1. The molecule has 0 aliphatic carbocycles. The SMILES string of the molecule is C=C(/C=C\C=C/C)Cc1nc(C(=O)N[C@@H]2C(=O)Nc3ncccc3O[C@@H]2C)n[nH]1. The molecular formula is C20H22N6O3. The lowest BCUT2D eigenvalue weighted by molar-refractivity contribution is -0.119. The van der Waals surface area contributed by atoms with Crippen molar-refractivity contribution in [2.75, 3.05) is 5.32 Å². The summed E-state index contributed by atoms with van der Waals surface area (Å²) < 4.78 is 5.75. The van der Waals surface area contributed by atoms with Gasteiger partial charge in [0.1, 0.15) is 18.0 Å². The van der Waals surface area contributed by atoms with Crippen molar-refractivity contribution < 1.29 is 14.3 Å². The number of anilines is 1. The Bertz CT molecular complexity index is 978. The summed E-state index contributed by atoms with van der Waals surface area (Å²) in [5.41, 5.74) is 0.807. The summed E-state index contributed by atoms with van der Waals surface area (Å²) in [6.45, 7) is 7.55. The Morgan fingerprint density at radius 2 is 2.24 bits per heavy atom. The molecule has 0 spiro atoms. The highest BCUT2D eigenvalue weighted by atomic mass is 16.5. The molecule has 1 aliphatic rings. The van der Waals surface area contributed by atoms with E-state index >= 15 is 0 Å². The number of H-pyrrole nitrogens is 1. The summed E-state index contributed by atoms with van der Waals surface area (Å²) in [5, 5.41) is 11.9. The largest absolute Gasteiger partial charge is 0.484 e. The fourth-order valence-corrected chi connectivity index (χ4v) is 2.70. The maximum atomic E-state index is 12.5. The van der Waals surface area contributed by atoms with Gasteiger partial charge in [-0.25, -0.2) is 9.97 Å². The van der Waals surface area contributed by atoms with E-state index in [0.29, 0.717) is 23.8 Å². The van der Waals surface area contributed by atoms with Crippen molar-refractivity contribution in [1.82, 2.24) is 25.5 Å². The van der Waals surface area contributed by atoms with E-state index in [1.165, 1.54) is 0 Å². The molecule has 0 fully saturated rings. The van der Waals surface area contributed by atoms with Gasteiger partial charge in [0, 0.05) is 12.6 Å². The third-order valence-electron chi connectivity index (χ3n) is 4.13. The van der Waals surface area contributed by atoms with Gasteiger partial charge in [0.15, 0.2) is 11.6 Å². The van der Waals surface area contributed by atoms with Gasteiger partial charge in [0.25, 0.3) is 11.8 Å². The molecule has 2 aromatic heterocycles. The number of aromatic amines is 1. The van der Waals surface area contributed by atoms with Crippen LogP contribution in [-0.4, -0.2) is 44.1 Å². The van der Waals surface area contributed by atoms with E-state index < -0.39 is 24.0 Å². The number of carbonyl (C=O) groups excluding carboxylic acids is 2. The second-order valence-electron chi connectivity index (χ2n) is 6.44. The number of ether oxygens (including phenoxy) is 1. The Morgan fingerprint density at radius 1 is 1.41 bits per heavy atom. The molecule has 9 heteroatoms. The zero-order chi connectivity index (χ0) is 20.8. The van der Waals surface area contributed by atoms with Gasteiger partial charge >= 0.3 is 0 Å². The van der Waals surface area contributed by atoms with Crippen LogP contribution < -0.4 is 15.4 Å². The van der Waals surface area contributed by atoms with Gasteiger partial charge in [0.2, 0.25) is 5.82 Å². The maximum absolute atomic E-state index is 12.5. The van der Waals surface area contributed by atoms with Crippen molar-refractivity contribution in [3.05, 3.63) is 66.4 Å². The Labute approximate surface area is 168 Å². The number of pyridine rings is 1. The van der Waals surface area contributed by atoms with Gasteiger partial charge in [-0.2, -0.15) is 0 Å². The standard InChI is InChI=1S/C20H22N6O3/c1-4-5-6-8-12(2)11-15-22-18(26-25-15)20(28)23-16-13(3)29-14-9-7-10-21-17(14)24-19(16)27/h4-10,13,16H,2,11H2,1,3H3,(H,23,28)(H,21,24,27)(H,22,25,26)/b5-4-,8-6-/t13-,16+/m1/s1. The highest BCUT2D eigenvalue weighted by Gasteiger charge is 2.33. The molecule has 0 saturated heterocycles. The minimum Gasteiger partial charge on any atom is -0.484 e. The fraction of sp³-hybridized carbons (Fsp3) is 0.250. The molecular weight excluding hydrogens is 372 g/mol. The molecule has 29 heavy (non-hydrogen) atoms. The lowest BCUT2D eigenvalue weighted by Crippen LogP contribution is -2.51. The van der Waals surface area contributed by atoms with E-state index in [1.54, 1.807) is 25.3 Å². The molecule has 1 aliphatic heterocycles. The Morgan fingerprint density at radius 3 is 3.03 bits per heavy atom. The lowest BCUT2D eigenvalue weighted by Gasteiger charge is -2.20. The predicted molar refractivity (Wildman–Crippen MR) is 107 cm³/mol. The highest BCUT2D eigenvalue weighted by molar-refractivity contribution is 6.00. The minimum absolute atomic E-state index is 0.0647. The Kier molecular flexibility index (Phi) is 6.18. The molecule has 0 radical (unpaired) electrons. The number of nitrogens with zero attached hydrogens (tertiary/aromatic N) is 3. The monoisotopic (exact) mass is 394 g/mol. The second-order valence-corrected chi connectivity index (χ2v) is 6.44. The average Bonchev–Trinajstić information content (AvgIpc) is 3.11. The van der Waals surface area contributed by atoms with Gasteiger partial charge in [-0.1, -0.05) is 30.9 Å². The quantitative estimate of drug-likeness (QED) is 0.644. The van der Waals surface area contributed by atoms with Crippen molar-refractivity contribution in [2.45, 2.75) is 32.4 Å². The van der Waals surface area contributed by atoms with Crippen LogP contribution in [0.3, 0.4) is 0 Å². The number of carbonyl (C=O) groups is 2. The van der Waals surface area contributed by atoms with E-state index in [9.17, 15) is 9.59 Å². The van der Waals surface area contributed by atoms with Crippen molar-refractivity contribution in [3.8, 4) is 5.75 Å². The Balaban J connectivity index is 1.65. The summed E-state index contributed by atoms with van der Waals surface area (Å²) >= 11 is 0. The van der Waals surface area contributed by atoms with E-state index in [0.717, 1.165) is 5.57 Å². The number of fused-ring (bicyclic) bond motifs is 1. The van der Waals surface area contributed by atoms with Crippen LogP contribution in [0.25, 0.3) is 0 Å². The van der Waals surface area contributed by atoms with E-state index in [4.69, 9.17) is 4.74 Å². The summed E-state index contributed by atoms with van der Waals surface area (Å²) in [5.74, 6) is 0.167. The molecule has 2 aromatic rings. The summed E-state index contributed by atoms with van der Waals surface area (Å²) in [6, 6.07) is 2.47. The summed E-state index contributed by atoms with van der Waals surface area (Å²) in [4.78, 5) is 33.3. The first-order valence-electron chi connectivity index (χ1n) is 9.09. The van der Waals surface area contributed by atoms with Crippen molar-refractivity contribution in [2.24, 2.45) is 0 Å². The van der Waals surface area contributed by atoms with Crippen molar-refractivity contribution >= 4 is 17.6 Å². The van der Waals surface area contributed by atoms with Crippen molar-refractivity contribution in [3.63, 3.8) is 0 Å². The third kappa shape index (κ3) is 4.95. The number of aromatic nitrogens is 4. The van der Waals surface area contributed by atoms with Crippen LogP contribution in [0.4, 0.5) is 5.82 Å². The van der Waals surface area contributed by atoms with Crippen LogP contribution in [0.5, 0.6) is 5.75 Å². The van der Waals surface area contributed by atoms with Gasteiger partial charge in [-0.05, 0) is 31.6 Å². The maximum Gasteiger partial charge on any atom is 0.291 e. The first-order chi connectivity index (χ1) is 14.0. The van der Waals surface area contributed by atoms with Crippen molar-refractivity contribution in [1.29, 1.82) is 0 Å². The van der Waals surface area contributed by atoms with E-state index in [2.05, 4.69) is 37.4 Å². The number of allylic oxidation sites excluding steroid dienone is 5. The van der Waals surface area contributed by atoms with Gasteiger partial charge in [-0.3, -0.25) is 14.7 Å². The van der Waals surface area contributed by atoms with E-state index in [-0.39, 0.29) is 5.82 Å². The molecule has 9 nitrogen and oxygen atoms in total. The van der Waals surface area contributed by atoms with Crippen LogP contribution in [-0.2, 0) is 11.2 Å². The topological polar surface area (TPSA) is 122 Å². The number of amides is 2. The molecule has 0 bridgehead atoms. The minimum atomic E-state index is -0.933. The predicted octanol–water partition coefficient (Wildman–Crippen LogP) is 1.95. The molecule has 2 amide bonds. The van der Waals surface area contributed by atoms with Crippen LogP contribution in [0.15, 0.2) is 54.8 Å². The number of nitrogens with one attached hydrogen (secondary N) is 3. The molecule has 3 rings (SSSR count). The second kappa shape index (κ2) is 8.96. The number of hydrogen-bond acceptors (Lipinski definition) is 6. The zero-order valence-corrected chi connectivity index (χ0v) is 16.2. The fourth-order valence-electron chi connectivity index (χ4n) is 2.70. The number of rotatable bonds is 6. The van der Waals surface area contributed by atoms with Crippen LogP contribution in [0.2, 0.25) is 0 Å². The highest BCUT2D eigenvalue weighted by Crippen LogP contribution is 2.26. The first kappa shape index (κ1) is 20.0. The Hall–Kier alpha value is -3.75. The molecule has 2 atom stereocenters. The molecule has 0 unspecified atom stereocenters. The molecule has 3 N–H and O–H groups in total. The molecule has 0 saturated carbocycles. The molecule has 3 heterocycles. The van der Waals surface area contributed by atoms with Gasteiger partial charge in [0.05, 0.1) is 0 Å². The van der Waals surface area contributed by atoms with Crippen LogP contribution in [0.1, 0.15) is 30.3 Å². The first-order valence-corrected chi connectivity index (χ1v) is 9.09. The average molecular weight is 394 g/mol. The van der Waals surface area contributed by atoms with E-state index in [1.807, 2.05) is 31.2 Å². The summed E-state index contributed by atoms with van der Waals surface area (Å²) in [7, 11) is 0. The smallest absolute Gasteiger partial charge is 0.291 e. The van der Waals surface area contributed by atoms with Crippen LogP contribution in [0, 0.1) is 0 Å². The van der Waals surface area contributed by atoms with Gasteiger partial charge < -0.3 is 15.4 Å². The normalized spacial score (nSPS) is 18.8. The van der Waals surface area contributed by atoms with Gasteiger partial charge in [-0.15, -0.1) is 5.10 Å².